The average molecular weight is 235 g/mol. The molecule has 0 aromatic carbocycles. The largest absolute Gasteiger partial charge is 2.00 e. The molecular weight excluding hydrogens is 215 g/mol. The second-order valence-corrected chi connectivity index (χ2v) is 1.71. The van der Waals surface area contributed by atoms with Gasteiger partial charge < -0.3 is 10.6 Å². The second-order valence-electron chi connectivity index (χ2n) is 1.71. The van der Waals surface area contributed by atoms with Crippen molar-refractivity contribution in [1.29, 1.82) is 0 Å². The summed E-state index contributed by atoms with van der Waals surface area (Å²) in [6, 6.07) is 0. The van der Waals surface area contributed by atoms with E-state index in [1.807, 2.05) is 27.7 Å². The van der Waals surface area contributed by atoms with Gasteiger partial charge >= 0.3 is 26.2 Å². The van der Waals surface area contributed by atoms with Crippen molar-refractivity contribution in [3.05, 3.63) is 10.6 Å². The van der Waals surface area contributed by atoms with E-state index in [4.69, 9.17) is 0 Å². The first-order chi connectivity index (χ1) is 4.83. The molecule has 0 saturated carbocycles. The van der Waals surface area contributed by atoms with Crippen LogP contribution in [0.1, 0.15) is 27.7 Å². The molecule has 0 radical (unpaired) electrons. The van der Waals surface area contributed by atoms with Gasteiger partial charge in [-0.2, -0.15) is 26.2 Å². The predicted molar refractivity (Wildman–Crippen MR) is 48.9 cm³/mol. The third-order valence-electron chi connectivity index (χ3n) is 0.894. The van der Waals surface area contributed by atoms with Gasteiger partial charge in [0.1, 0.15) is 0 Å². The molecule has 2 nitrogen and oxygen atoms in total. The Kier molecular flexibility index (Phi) is 36.2. The molecule has 0 rings (SSSR count). The van der Waals surface area contributed by atoms with Crippen LogP contribution in [0.3, 0.4) is 0 Å². The maximum atomic E-state index is 3.97. The Labute approximate surface area is 90.6 Å². The standard InChI is InChI=1S/2C4H10N.Zr/c2*1-3-5-4-2;/h2*3-4H2,1-2H3;/q2*-1;+2. The molecule has 3 heteroatoms. The van der Waals surface area contributed by atoms with Crippen molar-refractivity contribution >= 4 is 0 Å². The van der Waals surface area contributed by atoms with Gasteiger partial charge in [-0.3, -0.25) is 0 Å². The van der Waals surface area contributed by atoms with Crippen LogP contribution in [0.4, 0.5) is 0 Å². The minimum Gasteiger partial charge on any atom is -0.663 e. The van der Waals surface area contributed by atoms with Crippen molar-refractivity contribution < 1.29 is 26.2 Å². The number of hydrogen-bond acceptors (Lipinski definition) is 0. The van der Waals surface area contributed by atoms with E-state index >= 15 is 0 Å². The normalized spacial score (nSPS) is 7.64. The molecule has 0 spiro atoms. The van der Waals surface area contributed by atoms with Crippen molar-refractivity contribution in [3.8, 4) is 0 Å². The van der Waals surface area contributed by atoms with Crippen LogP contribution < -0.4 is 0 Å². The zero-order chi connectivity index (χ0) is 8.24. The first-order valence-electron chi connectivity index (χ1n) is 4.09. The van der Waals surface area contributed by atoms with E-state index in [1.54, 1.807) is 0 Å². The monoisotopic (exact) mass is 234 g/mol. The van der Waals surface area contributed by atoms with Crippen molar-refractivity contribution in [2.45, 2.75) is 27.7 Å². The molecular formula is C8H20N2Zr. The van der Waals surface area contributed by atoms with Crippen LogP contribution in [0, 0.1) is 0 Å². The van der Waals surface area contributed by atoms with E-state index in [0.717, 1.165) is 26.2 Å². The minimum atomic E-state index is 0. The first kappa shape index (κ1) is 17.8. The van der Waals surface area contributed by atoms with Crippen molar-refractivity contribution in [3.63, 3.8) is 0 Å². The average Bonchev–Trinajstić information content (AvgIpc) is 1.93. The summed E-state index contributed by atoms with van der Waals surface area (Å²) in [5.74, 6) is 0. The molecule has 0 aliphatic rings. The minimum absolute atomic E-state index is 0. The van der Waals surface area contributed by atoms with Crippen molar-refractivity contribution in [2.75, 3.05) is 26.2 Å². The maximum absolute atomic E-state index is 3.97. The van der Waals surface area contributed by atoms with Crippen LogP contribution >= 0.6 is 0 Å². The second kappa shape index (κ2) is 22.4. The molecule has 0 aromatic rings. The molecule has 0 fully saturated rings. The van der Waals surface area contributed by atoms with E-state index in [1.165, 1.54) is 0 Å². The summed E-state index contributed by atoms with van der Waals surface area (Å²) >= 11 is 0. The molecule has 0 aliphatic heterocycles. The molecule has 0 saturated heterocycles. The first-order valence-corrected chi connectivity index (χ1v) is 4.09. The Morgan fingerprint density at radius 1 is 0.636 bits per heavy atom. The molecule has 0 aliphatic carbocycles. The fraction of sp³-hybridized carbons (Fsp3) is 1.00. The van der Waals surface area contributed by atoms with Crippen LogP contribution in [0.5, 0.6) is 0 Å². The van der Waals surface area contributed by atoms with Gasteiger partial charge in [-0.25, -0.2) is 0 Å². The van der Waals surface area contributed by atoms with E-state index < -0.39 is 0 Å². The summed E-state index contributed by atoms with van der Waals surface area (Å²) < 4.78 is 0. The van der Waals surface area contributed by atoms with Gasteiger partial charge in [0.05, 0.1) is 0 Å². The summed E-state index contributed by atoms with van der Waals surface area (Å²) in [7, 11) is 0. The Bertz CT molecular complexity index is 33.1. The summed E-state index contributed by atoms with van der Waals surface area (Å²) in [6.45, 7) is 12.1. The van der Waals surface area contributed by atoms with Gasteiger partial charge in [0.2, 0.25) is 0 Å². The molecule has 0 aromatic heterocycles. The fourth-order valence-corrected chi connectivity index (χ4v) is 0.447. The SMILES string of the molecule is CC[N-]CC.CC[N-]CC.[Zr+2]. The molecule has 0 bridgehead atoms. The Morgan fingerprint density at radius 3 is 0.818 bits per heavy atom. The third-order valence-corrected chi connectivity index (χ3v) is 0.894. The summed E-state index contributed by atoms with van der Waals surface area (Å²) in [5, 5.41) is 7.94. The summed E-state index contributed by atoms with van der Waals surface area (Å²) in [4.78, 5) is 0. The quantitative estimate of drug-likeness (QED) is 0.717. The van der Waals surface area contributed by atoms with Gasteiger partial charge in [0.15, 0.2) is 0 Å². The van der Waals surface area contributed by atoms with Gasteiger partial charge in [-0.1, -0.05) is 27.7 Å². The Balaban J connectivity index is -0.000000107. The maximum Gasteiger partial charge on any atom is 2.00 e. The zero-order valence-corrected chi connectivity index (χ0v) is 10.7. The van der Waals surface area contributed by atoms with Gasteiger partial charge in [-0.05, 0) is 0 Å². The van der Waals surface area contributed by atoms with Crippen LogP contribution in [-0.2, 0) is 26.2 Å². The van der Waals surface area contributed by atoms with Crippen LogP contribution in [0.2, 0.25) is 0 Å². The predicted octanol–water partition coefficient (Wildman–Crippen LogP) is 2.80. The molecule has 11 heavy (non-hydrogen) atoms. The van der Waals surface area contributed by atoms with Crippen molar-refractivity contribution in [1.82, 2.24) is 0 Å². The summed E-state index contributed by atoms with van der Waals surface area (Å²) in [5.41, 5.74) is 0. The molecule has 0 N–H and O–H groups in total. The number of hydrogen-bond donors (Lipinski definition) is 0. The molecule has 0 unspecified atom stereocenters. The van der Waals surface area contributed by atoms with Gasteiger partial charge in [0.25, 0.3) is 0 Å². The molecule has 66 valence electrons. The van der Waals surface area contributed by atoms with Gasteiger partial charge in [-0.15, -0.1) is 0 Å². The van der Waals surface area contributed by atoms with Crippen LogP contribution in [0.25, 0.3) is 10.6 Å². The molecule has 0 amide bonds. The van der Waals surface area contributed by atoms with Crippen LogP contribution in [0.15, 0.2) is 0 Å². The smallest absolute Gasteiger partial charge is 0.663 e. The third kappa shape index (κ3) is 36.3. The van der Waals surface area contributed by atoms with Crippen molar-refractivity contribution in [2.24, 2.45) is 0 Å². The van der Waals surface area contributed by atoms with E-state index in [2.05, 4.69) is 10.6 Å². The fourth-order valence-electron chi connectivity index (χ4n) is 0.447. The van der Waals surface area contributed by atoms with E-state index in [-0.39, 0.29) is 26.2 Å². The van der Waals surface area contributed by atoms with E-state index in [9.17, 15) is 0 Å². The topological polar surface area (TPSA) is 28.2 Å². The summed E-state index contributed by atoms with van der Waals surface area (Å²) in [6.07, 6.45) is 0. The number of rotatable bonds is 4. The molecule has 0 atom stereocenters. The Hall–Kier alpha value is 0.803. The Morgan fingerprint density at radius 2 is 0.818 bits per heavy atom. The zero-order valence-electron chi connectivity index (χ0n) is 8.22. The van der Waals surface area contributed by atoms with Gasteiger partial charge in [0, 0.05) is 0 Å². The number of nitrogens with zero attached hydrogens (tertiary/aromatic N) is 2. The van der Waals surface area contributed by atoms with E-state index in [0.29, 0.717) is 0 Å². The molecule has 0 heterocycles. The van der Waals surface area contributed by atoms with Crippen LogP contribution in [-0.4, -0.2) is 26.2 Å².